The van der Waals surface area contributed by atoms with Crippen LogP contribution in [-0.4, -0.2) is 28.3 Å². The van der Waals surface area contributed by atoms with E-state index in [1.165, 1.54) is 25.5 Å². The number of nitrogens with zero attached hydrogens (tertiary/aromatic N) is 3. The van der Waals surface area contributed by atoms with Gasteiger partial charge in [0.05, 0.1) is 18.2 Å². The highest BCUT2D eigenvalue weighted by Crippen LogP contribution is 2.36. The van der Waals surface area contributed by atoms with Gasteiger partial charge in [-0.2, -0.15) is 5.10 Å². The van der Waals surface area contributed by atoms with Gasteiger partial charge in [-0.15, -0.1) is 0 Å². The lowest BCUT2D eigenvalue weighted by molar-refractivity contribution is -0.386. The number of anilines is 1. The largest absolute Gasteiger partial charge is 0.500 e. The van der Waals surface area contributed by atoms with Gasteiger partial charge in [0.2, 0.25) is 5.75 Å². The molecule has 0 saturated heterocycles. The summed E-state index contributed by atoms with van der Waals surface area (Å²) in [5.74, 6) is 0.0230. The molecular formula is C13H12N4O4. The Hall–Kier alpha value is -3.16. The quantitative estimate of drug-likeness (QED) is 0.495. The molecule has 8 heteroatoms. The smallest absolute Gasteiger partial charge is 0.315 e. The van der Waals surface area contributed by atoms with Gasteiger partial charge >= 0.3 is 5.69 Å². The normalized spacial score (nSPS) is 10.5. The topological polar surface area (TPSA) is 110 Å². The Morgan fingerprint density at radius 1 is 1.48 bits per heavy atom. The summed E-state index contributed by atoms with van der Waals surface area (Å²) in [4.78, 5) is 14.2. The van der Waals surface area contributed by atoms with Crippen molar-refractivity contribution in [2.24, 2.45) is 5.10 Å². The summed E-state index contributed by atoms with van der Waals surface area (Å²) in [5.41, 5.74) is 2.63. The van der Waals surface area contributed by atoms with Crippen LogP contribution in [0.5, 0.6) is 11.5 Å². The van der Waals surface area contributed by atoms with E-state index in [-0.39, 0.29) is 5.75 Å². The van der Waals surface area contributed by atoms with Crippen LogP contribution in [0.2, 0.25) is 0 Å². The zero-order valence-corrected chi connectivity index (χ0v) is 11.1. The van der Waals surface area contributed by atoms with Crippen molar-refractivity contribution in [3.05, 3.63) is 52.2 Å². The van der Waals surface area contributed by atoms with Gasteiger partial charge in [0.1, 0.15) is 5.82 Å². The molecule has 108 valence electrons. The van der Waals surface area contributed by atoms with E-state index in [4.69, 9.17) is 4.74 Å². The van der Waals surface area contributed by atoms with E-state index in [1.54, 1.807) is 24.4 Å². The minimum absolute atomic E-state index is 0.00323. The predicted molar refractivity (Wildman–Crippen MR) is 76.8 cm³/mol. The third-order valence-electron chi connectivity index (χ3n) is 2.55. The number of hydrogen-bond donors (Lipinski definition) is 2. The van der Waals surface area contributed by atoms with E-state index in [9.17, 15) is 15.2 Å². The van der Waals surface area contributed by atoms with Crippen molar-refractivity contribution in [1.29, 1.82) is 0 Å². The Morgan fingerprint density at radius 3 is 2.90 bits per heavy atom. The lowest BCUT2D eigenvalue weighted by atomic mass is 10.2. The molecule has 2 N–H and O–H groups in total. The van der Waals surface area contributed by atoms with Gasteiger partial charge in [-0.25, -0.2) is 4.98 Å². The van der Waals surface area contributed by atoms with Gasteiger partial charge in [0.15, 0.2) is 5.75 Å². The Balaban J connectivity index is 2.23. The molecule has 0 saturated carbocycles. The molecular weight excluding hydrogens is 276 g/mol. The number of nitro benzene ring substituents is 1. The molecule has 8 nitrogen and oxygen atoms in total. The van der Waals surface area contributed by atoms with Crippen molar-refractivity contribution in [1.82, 2.24) is 4.98 Å². The Labute approximate surface area is 119 Å². The molecule has 2 rings (SSSR count). The SMILES string of the molecule is COc1cc(C=NNc2ccccn2)cc([N+](=O)[O-])c1O. The summed E-state index contributed by atoms with van der Waals surface area (Å²) in [7, 11) is 1.31. The van der Waals surface area contributed by atoms with Crippen LogP contribution in [0.1, 0.15) is 5.56 Å². The second-order valence-electron chi connectivity index (χ2n) is 3.93. The van der Waals surface area contributed by atoms with Crippen molar-refractivity contribution in [2.75, 3.05) is 12.5 Å². The zero-order chi connectivity index (χ0) is 15.2. The molecule has 2 aromatic rings. The van der Waals surface area contributed by atoms with Gasteiger partial charge < -0.3 is 9.84 Å². The average molecular weight is 288 g/mol. The highest BCUT2D eigenvalue weighted by Gasteiger charge is 2.19. The predicted octanol–water partition coefficient (Wildman–Crippen LogP) is 2.15. The van der Waals surface area contributed by atoms with Crippen molar-refractivity contribution >= 4 is 17.7 Å². The second kappa shape index (κ2) is 6.33. The molecule has 0 fully saturated rings. The van der Waals surface area contributed by atoms with Crippen molar-refractivity contribution in [2.45, 2.75) is 0 Å². The fourth-order valence-electron chi connectivity index (χ4n) is 1.59. The van der Waals surface area contributed by atoms with Crippen LogP contribution in [0.3, 0.4) is 0 Å². The van der Waals surface area contributed by atoms with Crippen LogP contribution in [0, 0.1) is 10.1 Å². The maximum Gasteiger partial charge on any atom is 0.315 e. The van der Waals surface area contributed by atoms with E-state index in [0.717, 1.165) is 0 Å². The maximum atomic E-state index is 10.9. The first-order valence-corrected chi connectivity index (χ1v) is 5.87. The summed E-state index contributed by atoms with van der Waals surface area (Å²) < 4.78 is 4.89. The number of nitro groups is 1. The standard InChI is InChI=1S/C13H12N4O4/c1-21-11-7-9(6-10(13(11)18)17(19)20)8-15-16-12-4-2-3-5-14-12/h2-8,18H,1H3,(H,14,16). The van der Waals surface area contributed by atoms with Crippen molar-refractivity contribution < 1.29 is 14.8 Å². The van der Waals surface area contributed by atoms with Gasteiger partial charge in [-0.3, -0.25) is 15.5 Å². The molecule has 0 aliphatic carbocycles. The summed E-state index contributed by atoms with van der Waals surface area (Å²) in [6.45, 7) is 0. The molecule has 1 aromatic heterocycles. The van der Waals surface area contributed by atoms with Crippen molar-refractivity contribution in [3.8, 4) is 11.5 Å². The first kappa shape index (κ1) is 14.3. The molecule has 0 spiro atoms. The number of hydrazone groups is 1. The number of hydrogen-bond acceptors (Lipinski definition) is 7. The number of rotatable bonds is 5. The number of methoxy groups -OCH3 is 1. The van der Waals surface area contributed by atoms with E-state index in [2.05, 4.69) is 15.5 Å². The molecule has 0 aliphatic heterocycles. The van der Waals surface area contributed by atoms with Crippen LogP contribution in [0.25, 0.3) is 0 Å². The van der Waals surface area contributed by atoms with Crippen LogP contribution in [-0.2, 0) is 0 Å². The van der Waals surface area contributed by atoms with E-state index < -0.39 is 16.4 Å². The number of ether oxygens (including phenoxy) is 1. The minimum Gasteiger partial charge on any atom is -0.500 e. The van der Waals surface area contributed by atoms with Crippen molar-refractivity contribution in [3.63, 3.8) is 0 Å². The Morgan fingerprint density at radius 2 is 2.29 bits per heavy atom. The zero-order valence-electron chi connectivity index (χ0n) is 11.1. The number of aromatic nitrogens is 1. The molecule has 0 amide bonds. The van der Waals surface area contributed by atoms with Crippen LogP contribution >= 0.6 is 0 Å². The molecule has 0 bridgehead atoms. The molecule has 0 unspecified atom stereocenters. The summed E-state index contributed by atoms with van der Waals surface area (Å²) in [5, 5.41) is 24.4. The number of aromatic hydroxyl groups is 1. The molecule has 1 heterocycles. The lowest BCUT2D eigenvalue weighted by Gasteiger charge is -2.05. The first-order valence-electron chi connectivity index (χ1n) is 5.87. The van der Waals surface area contributed by atoms with E-state index in [0.29, 0.717) is 11.4 Å². The number of benzene rings is 1. The van der Waals surface area contributed by atoms with Gasteiger partial charge in [0, 0.05) is 17.8 Å². The van der Waals surface area contributed by atoms with E-state index >= 15 is 0 Å². The second-order valence-corrected chi connectivity index (χ2v) is 3.93. The highest BCUT2D eigenvalue weighted by atomic mass is 16.6. The highest BCUT2D eigenvalue weighted by molar-refractivity contribution is 5.83. The third-order valence-corrected chi connectivity index (χ3v) is 2.55. The molecule has 0 radical (unpaired) electrons. The monoisotopic (exact) mass is 288 g/mol. The maximum absolute atomic E-state index is 10.9. The number of phenolic OH excluding ortho intramolecular Hbond substituents is 1. The van der Waals surface area contributed by atoms with Crippen LogP contribution in [0.15, 0.2) is 41.6 Å². The average Bonchev–Trinajstić information content (AvgIpc) is 2.49. The van der Waals surface area contributed by atoms with Gasteiger partial charge in [-0.05, 0) is 18.2 Å². The summed E-state index contributed by atoms with van der Waals surface area (Å²) in [6.07, 6.45) is 2.97. The lowest BCUT2D eigenvalue weighted by Crippen LogP contribution is -1.96. The Kier molecular flexibility index (Phi) is 4.30. The third kappa shape index (κ3) is 3.44. The summed E-state index contributed by atoms with van der Waals surface area (Å²) in [6, 6.07) is 7.91. The Bertz CT molecular complexity index is 673. The van der Waals surface area contributed by atoms with Gasteiger partial charge in [-0.1, -0.05) is 6.07 Å². The molecule has 0 aliphatic rings. The van der Waals surface area contributed by atoms with Crippen LogP contribution < -0.4 is 10.2 Å². The number of phenols is 1. The first-order chi connectivity index (χ1) is 10.1. The molecule has 21 heavy (non-hydrogen) atoms. The summed E-state index contributed by atoms with van der Waals surface area (Å²) >= 11 is 0. The molecule has 1 aromatic carbocycles. The minimum atomic E-state index is -0.693. The van der Waals surface area contributed by atoms with Gasteiger partial charge in [0.25, 0.3) is 0 Å². The van der Waals surface area contributed by atoms with Crippen LogP contribution in [0.4, 0.5) is 11.5 Å². The number of pyridine rings is 1. The number of nitrogens with one attached hydrogen (secondary N) is 1. The molecule has 0 atom stereocenters. The fourth-order valence-corrected chi connectivity index (χ4v) is 1.59. The fraction of sp³-hybridized carbons (Fsp3) is 0.0769. The van der Waals surface area contributed by atoms with E-state index in [1.807, 2.05) is 0 Å².